The fourth-order valence-electron chi connectivity index (χ4n) is 2.43. The lowest BCUT2D eigenvalue weighted by molar-refractivity contribution is 0.621. The molecule has 0 atom stereocenters. The lowest BCUT2D eigenvalue weighted by Crippen LogP contribution is -2.06. The van der Waals surface area contributed by atoms with Crippen LogP contribution < -0.4 is 5.32 Å². The summed E-state index contributed by atoms with van der Waals surface area (Å²) in [6.45, 7) is 1.75. The fraction of sp³-hybridized carbons (Fsp3) is 0.0588. The van der Waals surface area contributed by atoms with Gasteiger partial charge in [-0.1, -0.05) is 0 Å². The monoisotopic (exact) mass is 338 g/mol. The molecule has 0 bridgehead atoms. The van der Waals surface area contributed by atoms with E-state index < -0.39 is 11.6 Å². The fourth-order valence-corrected chi connectivity index (χ4v) is 2.43. The number of nitrogens with zero attached hydrogens (tertiary/aromatic N) is 5. The van der Waals surface area contributed by atoms with Gasteiger partial charge in [0, 0.05) is 18.1 Å². The number of hydrogen-bond donors (Lipinski definition) is 1. The number of pyridine rings is 2. The molecule has 0 spiro atoms. The highest BCUT2D eigenvalue weighted by atomic mass is 19.1. The Morgan fingerprint density at radius 2 is 1.92 bits per heavy atom. The summed E-state index contributed by atoms with van der Waals surface area (Å²) in [6, 6.07) is 7.91. The Morgan fingerprint density at radius 3 is 2.76 bits per heavy atom. The van der Waals surface area contributed by atoms with Gasteiger partial charge in [-0.3, -0.25) is 4.98 Å². The zero-order chi connectivity index (χ0) is 17.4. The Labute approximate surface area is 141 Å². The molecule has 6 nitrogen and oxygen atoms in total. The Morgan fingerprint density at radius 1 is 1.04 bits per heavy atom. The van der Waals surface area contributed by atoms with Gasteiger partial charge in [0.15, 0.2) is 17.5 Å². The van der Waals surface area contributed by atoms with Crippen molar-refractivity contribution >= 4 is 17.0 Å². The van der Waals surface area contributed by atoms with Crippen molar-refractivity contribution in [1.82, 2.24) is 24.6 Å². The lowest BCUT2D eigenvalue weighted by Gasteiger charge is -2.10. The Balaban J connectivity index is 1.88. The molecule has 0 fully saturated rings. The van der Waals surface area contributed by atoms with Crippen molar-refractivity contribution < 1.29 is 8.78 Å². The predicted octanol–water partition coefficient (Wildman–Crippen LogP) is 3.52. The Kier molecular flexibility index (Phi) is 3.57. The number of hydrogen-bond acceptors (Lipinski definition) is 5. The van der Waals surface area contributed by atoms with Gasteiger partial charge >= 0.3 is 0 Å². The molecule has 0 amide bonds. The molecule has 0 aliphatic rings. The van der Waals surface area contributed by atoms with Crippen LogP contribution in [0.25, 0.3) is 17.0 Å². The van der Waals surface area contributed by atoms with Gasteiger partial charge < -0.3 is 5.32 Å². The molecule has 0 unspecified atom stereocenters. The average Bonchev–Trinajstić information content (AvgIpc) is 3.08. The lowest BCUT2D eigenvalue weighted by atomic mass is 10.3. The summed E-state index contributed by atoms with van der Waals surface area (Å²) in [5.41, 5.74) is 1.50. The molecule has 0 saturated carbocycles. The molecular weight excluding hydrogens is 326 g/mol. The van der Waals surface area contributed by atoms with Crippen molar-refractivity contribution in [2.24, 2.45) is 0 Å². The van der Waals surface area contributed by atoms with E-state index in [9.17, 15) is 8.78 Å². The van der Waals surface area contributed by atoms with E-state index in [0.29, 0.717) is 17.0 Å². The van der Waals surface area contributed by atoms with E-state index >= 15 is 0 Å². The SMILES string of the molecule is Cc1ccc(F)c(-c2nc(Nc3ccncc3F)c3cccn3n2)n1. The molecule has 0 aliphatic heterocycles. The Hall–Kier alpha value is -3.42. The van der Waals surface area contributed by atoms with Gasteiger partial charge in [0.2, 0.25) is 5.82 Å². The highest BCUT2D eigenvalue weighted by Crippen LogP contribution is 2.25. The number of fused-ring (bicyclic) bond motifs is 1. The summed E-state index contributed by atoms with van der Waals surface area (Å²) in [5, 5.41) is 7.20. The number of rotatable bonds is 3. The van der Waals surface area contributed by atoms with Crippen molar-refractivity contribution in [3.05, 3.63) is 66.3 Å². The molecule has 124 valence electrons. The highest BCUT2D eigenvalue weighted by Gasteiger charge is 2.15. The minimum Gasteiger partial charge on any atom is -0.336 e. The molecular formula is C17H12F2N6. The van der Waals surface area contributed by atoms with Gasteiger partial charge in [0.1, 0.15) is 11.2 Å². The van der Waals surface area contributed by atoms with Crippen LogP contribution >= 0.6 is 0 Å². The summed E-state index contributed by atoms with van der Waals surface area (Å²) in [7, 11) is 0. The van der Waals surface area contributed by atoms with Crippen LogP contribution in [0.4, 0.5) is 20.3 Å². The maximum Gasteiger partial charge on any atom is 0.203 e. The normalized spacial score (nSPS) is 11.0. The molecule has 4 aromatic heterocycles. The van der Waals surface area contributed by atoms with Crippen LogP contribution in [-0.2, 0) is 0 Å². The summed E-state index contributed by atoms with van der Waals surface area (Å²) < 4.78 is 29.6. The van der Waals surface area contributed by atoms with Gasteiger partial charge in [-0.05, 0) is 37.3 Å². The van der Waals surface area contributed by atoms with Gasteiger partial charge in [0.05, 0.1) is 11.9 Å². The third-order valence-electron chi connectivity index (χ3n) is 3.61. The topological polar surface area (TPSA) is 68.0 Å². The van der Waals surface area contributed by atoms with E-state index in [0.717, 1.165) is 6.20 Å². The van der Waals surface area contributed by atoms with Crippen molar-refractivity contribution in [2.75, 3.05) is 5.32 Å². The number of halogens is 2. The molecule has 0 aliphatic carbocycles. The summed E-state index contributed by atoms with van der Waals surface area (Å²) in [6.07, 6.45) is 4.26. The molecule has 4 heterocycles. The number of anilines is 2. The van der Waals surface area contributed by atoms with E-state index in [4.69, 9.17) is 0 Å². The highest BCUT2D eigenvalue weighted by molar-refractivity contribution is 5.74. The second-order valence-electron chi connectivity index (χ2n) is 5.39. The first-order valence-electron chi connectivity index (χ1n) is 7.47. The molecule has 4 rings (SSSR count). The maximum atomic E-state index is 14.2. The van der Waals surface area contributed by atoms with Gasteiger partial charge in [-0.15, -0.1) is 5.10 Å². The standard InChI is InChI=1S/C17H12F2N6/c1-10-4-5-11(18)15(21-10)17-23-16(14-3-2-8-25(14)24-17)22-13-6-7-20-9-12(13)19/h2-9H,1H3,(H,20,22,23,24). The molecule has 0 saturated heterocycles. The van der Waals surface area contributed by atoms with E-state index in [2.05, 4.69) is 25.4 Å². The Bertz CT molecular complexity index is 1080. The second kappa shape index (κ2) is 5.90. The first-order valence-corrected chi connectivity index (χ1v) is 7.47. The zero-order valence-electron chi connectivity index (χ0n) is 13.1. The average molecular weight is 338 g/mol. The van der Waals surface area contributed by atoms with E-state index in [-0.39, 0.29) is 17.2 Å². The number of nitrogens with one attached hydrogen (secondary N) is 1. The quantitative estimate of drug-likeness (QED) is 0.619. The molecule has 4 aromatic rings. The number of aromatic nitrogens is 5. The summed E-state index contributed by atoms with van der Waals surface area (Å²) >= 11 is 0. The van der Waals surface area contributed by atoms with Crippen LogP contribution in [0.2, 0.25) is 0 Å². The van der Waals surface area contributed by atoms with Gasteiger partial charge in [0.25, 0.3) is 0 Å². The summed E-state index contributed by atoms with van der Waals surface area (Å²) in [5.74, 6) is -0.616. The first-order chi connectivity index (χ1) is 12.1. The first kappa shape index (κ1) is 15.1. The second-order valence-corrected chi connectivity index (χ2v) is 5.39. The van der Waals surface area contributed by atoms with Crippen molar-refractivity contribution in [1.29, 1.82) is 0 Å². The molecule has 1 N–H and O–H groups in total. The van der Waals surface area contributed by atoms with E-state index in [1.165, 1.54) is 22.8 Å². The third kappa shape index (κ3) is 2.78. The predicted molar refractivity (Wildman–Crippen MR) is 88.4 cm³/mol. The van der Waals surface area contributed by atoms with Crippen molar-refractivity contribution in [3.8, 4) is 11.5 Å². The van der Waals surface area contributed by atoms with Crippen LogP contribution in [-0.4, -0.2) is 24.6 Å². The largest absolute Gasteiger partial charge is 0.336 e. The maximum absolute atomic E-state index is 14.2. The minimum atomic E-state index is -0.529. The smallest absolute Gasteiger partial charge is 0.203 e. The van der Waals surface area contributed by atoms with Crippen LogP contribution in [0, 0.1) is 18.6 Å². The molecule has 0 aromatic carbocycles. The van der Waals surface area contributed by atoms with Crippen LogP contribution in [0.3, 0.4) is 0 Å². The summed E-state index contributed by atoms with van der Waals surface area (Å²) in [4.78, 5) is 12.2. The van der Waals surface area contributed by atoms with E-state index in [1.807, 2.05) is 0 Å². The van der Waals surface area contributed by atoms with Gasteiger partial charge in [-0.25, -0.2) is 23.3 Å². The van der Waals surface area contributed by atoms with Crippen molar-refractivity contribution in [3.63, 3.8) is 0 Å². The van der Waals surface area contributed by atoms with E-state index in [1.54, 1.807) is 31.3 Å². The van der Waals surface area contributed by atoms with Crippen LogP contribution in [0.1, 0.15) is 5.69 Å². The molecule has 8 heteroatoms. The zero-order valence-corrected chi connectivity index (χ0v) is 13.1. The van der Waals surface area contributed by atoms with Gasteiger partial charge in [-0.2, -0.15) is 0 Å². The minimum absolute atomic E-state index is 0.0360. The molecule has 25 heavy (non-hydrogen) atoms. The van der Waals surface area contributed by atoms with Crippen LogP contribution in [0.5, 0.6) is 0 Å². The third-order valence-corrected chi connectivity index (χ3v) is 3.61. The number of aryl methyl sites for hydroxylation is 1. The molecule has 0 radical (unpaired) electrons. The van der Waals surface area contributed by atoms with Crippen LogP contribution in [0.15, 0.2) is 48.9 Å². The van der Waals surface area contributed by atoms with Crippen molar-refractivity contribution in [2.45, 2.75) is 6.92 Å².